The van der Waals surface area contributed by atoms with Gasteiger partial charge in [0, 0.05) is 50.8 Å². The van der Waals surface area contributed by atoms with Crippen molar-refractivity contribution in [2.45, 2.75) is 20.4 Å². The molecule has 5 heteroatoms. The number of pyridine rings is 1. The molecule has 0 atom stereocenters. The van der Waals surface area contributed by atoms with E-state index in [1.807, 2.05) is 17.0 Å². The van der Waals surface area contributed by atoms with Crippen LogP contribution in [0.5, 0.6) is 0 Å². The Bertz CT molecular complexity index is 694. The summed E-state index contributed by atoms with van der Waals surface area (Å²) >= 11 is 0. The maximum atomic E-state index is 12.3. The molecule has 2 amide bonds. The molecule has 1 aliphatic heterocycles. The third-order valence-corrected chi connectivity index (χ3v) is 4.59. The molecule has 3 rings (SSSR count). The molecule has 1 aromatic carbocycles. The minimum absolute atomic E-state index is 0.00131. The summed E-state index contributed by atoms with van der Waals surface area (Å²) in [7, 11) is 0. The lowest BCUT2D eigenvalue weighted by molar-refractivity contribution is 0.194. The zero-order valence-electron chi connectivity index (χ0n) is 14.3. The van der Waals surface area contributed by atoms with Gasteiger partial charge in [0.25, 0.3) is 0 Å². The lowest BCUT2D eigenvalue weighted by Crippen LogP contribution is -2.51. The number of piperazine rings is 1. The maximum Gasteiger partial charge on any atom is 0.317 e. The predicted octanol–water partition coefficient (Wildman–Crippen LogP) is 2.73. The number of carbonyl (C=O) groups excluding carboxylic acids is 1. The first kappa shape index (κ1) is 16.3. The summed E-state index contributed by atoms with van der Waals surface area (Å²) in [6.45, 7) is 8.00. The number of rotatable bonds is 3. The fourth-order valence-corrected chi connectivity index (χ4v) is 2.88. The van der Waals surface area contributed by atoms with E-state index in [-0.39, 0.29) is 6.03 Å². The highest BCUT2D eigenvalue weighted by Gasteiger charge is 2.21. The van der Waals surface area contributed by atoms with Crippen LogP contribution in [0.3, 0.4) is 0 Å². The number of hydrogen-bond donors (Lipinski definition) is 1. The van der Waals surface area contributed by atoms with Gasteiger partial charge in [-0.25, -0.2) is 4.79 Å². The van der Waals surface area contributed by atoms with Gasteiger partial charge in [0.2, 0.25) is 0 Å². The molecule has 126 valence electrons. The van der Waals surface area contributed by atoms with Crippen LogP contribution in [-0.4, -0.2) is 42.1 Å². The van der Waals surface area contributed by atoms with E-state index in [9.17, 15) is 4.79 Å². The van der Waals surface area contributed by atoms with Crippen molar-refractivity contribution in [1.82, 2.24) is 15.2 Å². The standard InChI is InChI=1S/C19H24N4O/c1-15-5-6-18(12-16(15)2)22-8-10-23(11-9-22)19(24)21-14-17-4-3-7-20-13-17/h3-7,12-13H,8-11,14H2,1-2H3,(H,21,24). The Morgan fingerprint density at radius 2 is 1.92 bits per heavy atom. The second kappa shape index (κ2) is 7.34. The molecule has 1 fully saturated rings. The van der Waals surface area contributed by atoms with Crippen LogP contribution in [0.1, 0.15) is 16.7 Å². The Labute approximate surface area is 143 Å². The summed E-state index contributed by atoms with van der Waals surface area (Å²) in [6, 6.07) is 10.4. The molecular weight excluding hydrogens is 300 g/mol. The van der Waals surface area contributed by atoms with Crippen molar-refractivity contribution in [3.63, 3.8) is 0 Å². The van der Waals surface area contributed by atoms with Crippen molar-refractivity contribution in [2.75, 3.05) is 31.1 Å². The van der Waals surface area contributed by atoms with Crippen LogP contribution >= 0.6 is 0 Å². The smallest absolute Gasteiger partial charge is 0.317 e. The highest BCUT2D eigenvalue weighted by atomic mass is 16.2. The van der Waals surface area contributed by atoms with Gasteiger partial charge in [0.1, 0.15) is 0 Å². The van der Waals surface area contributed by atoms with Gasteiger partial charge in [-0.15, -0.1) is 0 Å². The number of aryl methyl sites for hydroxylation is 2. The van der Waals surface area contributed by atoms with Crippen LogP contribution < -0.4 is 10.2 Å². The third kappa shape index (κ3) is 3.85. The van der Waals surface area contributed by atoms with Crippen LogP contribution in [0.2, 0.25) is 0 Å². The number of hydrogen-bond acceptors (Lipinski definition) is 3. The quantitative estimate of drug-likeness (QED) is 0.944. The van der Waals surface area contributed by atoms with Gasteiger partial charge in [0.05, 0.1) is 0 Å². The maximum absolute atomic E-state index is 12.3. The zero-order chi connectivity index (χ0) is 16.9. The lowest BCUT2D eigenvalue weighted by atomic mass is 10.1. The molecule has 0 spiro atoms. The van der Waals surface area contributed by atoms with Crippen LogP contribution in [-0.2, 0) is 6.54 Å². The molecule has 0 bridgehead atoms. The number of anilines is 1. The second-order valence-electron chi connectivity index (χ2n) is 6.26. The SMILES string of the molecule is Cc1ccc(N2CCN(C(=O)NCc3cccnc3)CC2)cc1C. The first-order valence-electron chi connectivity index (χ1n) is 8.37. The highest BCUT2D eigenvalue weighted by molar-refractivity contribution is 5.74. The summed E-state index contributed by atoms with van der Waals surface area (Å²) in [5, 5.41) is 2.97. The minimum Gasteiger partial charge on any atom is -0.368 e. The van der Waals surface area contributed by atoms with E-state index in [2.05, 4.69) is 47.2 Å². The number of nitrogens with one attached hydrogen (secondary N) is 1. The van der Waals surface area contributed by atoms with Gasteiger partial charge in [-0.05, 0) is 48.7 Å². The summed E-state index contributed by atoms with van der Waals surface area (Å²) in [5.41, 5.74) is 4.88. The predicted molar refractivity (Wildman–Crippen MR) is 96.2 cm³/mol. The van der Waals surface area contributed by atoms with Gasteiger partial charge in [-0.1, -0.05) is 12.1 Å². The van der Waals surface area contributed by atoms with Crippen molar-refractivity contribution in [2.24, 2.45) is 0 Å². The second-order valence-corrected chi connectivity index (χ2v) is 6.26. The third-order valence-electron chi connectivity index (χ3n) is 4.59. The largest absolute Gasteiger partial charge is 0.368 e. The van der Waals surface area contributed by atoms with Gasteiger partial charge in [0.15, 0.2) is 0 Å². The fraction of sp³-hybridized carbons (Fsp3) is 0.368. The molecule has 24 heavy (non-hydrogen) atoms. The van der Waals surface area contributed by atoms with Crippen LogP contribution in [0.4, 0.5) is 10.5 Å². The van der Waals surface area contributed by atoms with Crippen molar-refractivity contribution in [1.29, 1.82) is 0 Å². The average Bonchev–Trinajstić information content (AvgIpc) is 2.63. The molecular formula is C19H24N4O. The monoisotopic (exact) mass is 324 g/mol. The molecule has 0 radical (unpaired) electrons. The van der Waals surface area contributed by atoms with E-state index >= 15 is 0 Å². The van der Waals surface area contributed by atoms with Gasteiger partial charge >= 0.3 is 6.03 Å². The van der Waals surface area contributed by atoms with E-state index in [0.29, 0.717) is 6.54 Å². The highest BCUT2D eigenvalue weighted by Crippen LogP contribution is 2.20. The first-order valence-corrected chi connectivity index (χ1v) is 8.37. The molecule has 0 aliphatic carbocycles. The minimum atomic E-state index is -0.00131. The molecule has 1 aliphatic rings. The normalized spacial score (nSPS) is 14.6. The Kier molecular flexibility index (Phi) is 4.99. The Morgan fingerprint density at radius 3 is 2.58 bits per heavy atom. The Balaban J connectivity index is 1.51. The van der Waals surface area contributed by atoms with Crippen LogP contribution in [0.25, 0.3) is 0 Å². The fourth-order valence-electron chi connectivity index (χ4n) is 2.88. The summed E-state index contributed by atoms with van der Waals surface area (Å²) < 4.78 is 0. The number of amides is 2. The first-order chi connectivity index (χ1) is 11.6. The van der Waals surface area contributed by atoms with Gasteiger partial charge in [-0.2, -0.15) is 0 Å². The van der Waals surface area contributed by atoms with E-state index in [4.69, 9.17) is 0 Å². The van der Waals surface area contributed by atoms with Crippen molar-refractivity contribution in [3.05, 3.63) is 59.4 Å². The number of aromatic nitrogens is 1. The average molecular weight is 324 g/mol. The summed E-state index contributed by atoms with van der Waals surface area (Å²) in [6.07, 6.45) is 3.51. The van der Waals surface area contributed by atoms with Crippen LogP contribution in [0, 0.1) is 13.8 Å². The number of benzene rings is 1. The van der Waals surface area contributed by atoms with Crippen molar-refractivity contribution >= 4 is 11.7 Å². The lowest BCUT2D eigenvalue weighted by Gasteiger charge is -2.36. The molecule has 0 saturated carbocycles. The van der Waals surface area contributed by atoms with E-state index < -0.39 is 0 Å². The van der Waals surface area contributed by atoms with E-state index in [1.54, 1.807) is 12.4 Å². The zero-order valence-corrected chi connectivity index (χ0v) is 14.3. The Morgan fingerprint density at radius 1 is 1.12 bits per heavy atom. The molecule has 5 nitrogen and oxygen atoms in total. The van der Waals surface area contributed by atoms with Crippen molar-refractivity contribution < 1.29 is 4.79 Å². The summed E-state index contributed by atoms with van der Waals surface area (Å²) in [5.74, 6) is 0. The van der Waals surface area contributed by atoms with Crippen molar-refractivity contribution in [3.8, 4) is 0 Å². The molecule has 1 N–H and O–H groups in total. The van der Waals surface area contributed by atoms with E-state index in [0.717, 1.165) is 31.7 Å². The number of urea groups is 1. The topological polar surface area (TPSA) is 48.5 Å². The summed E-state index contributed by atoms with van der Waals surface area (Å²) in [4.78, 5) is 20.6. The molecule has 0 unspecified atom stereocenters. The van der Waals surface area contributed by atoms with Gasteiger partial charge < -0.3 is 15.1 Å². The molecule has 1 aromatic heterocycles. The van der Waals surface area contributed by atoms with Gasteiger partial charge in [-0.3, -0.25) is 4.98 Å². The van der Waals surface area contributed by atoms with Crippen LogP contribution in [0.15, 0.2) is 42.7 Å². The van der Waals surface area contributed by atoms with E-state index in [1.165, 1.54) is 16.8 Å². The Hall–Kier alpha value is -2.56. The molecule has 1 saturated heterocycles. The molecule has 2 heterocycles. The number of carbonyl (C=O) groups is 1. The number of nitrogens with zero attached hydrogens (tertiary/aromatic N) is 3. The molecule has 2 aromatic rings.